The van der Waals surface area contributed by atoms with Crippen LogP contribution >= 0.6 is 0 Å². The van der Waals surface area contributed by atoms with Crippen LogP contribution in [0, 0.1) is 0 Å². The summed E-state index contributed by atoms with van der Waals surface area (Å²) in [4.78, 5) is 23.8. The molecule has 0 aliphatic rings. The van der Waals surface area contributed by atoms with Gasteiger partial charge in [-0.1, -0.05) is 13.0 Å². The summed E-state index contributed by atoms with van der Waals surface area (Å²) < 4.78 is 9.85. The molecule has 122 valence electrons. The molecular weight excluding hydrogens is 298 g/mol. The normalized spacial score (nSPS) is 10.2. The lowest BCUT2D eigenvalue weighted by atomic mass is 10.1. The maximum atomic E-state index is 12.0. The predicted octanol–water partition coefficient (Wildman–Crippen LogP) is 1.70. The van der Waals surface area contributed by atoms with Crippen LogP contribution in [-0.4, -0.2) is 36.3 Å². The Hall–Kier alpha value is -2.83. The zero-order valence-electron chi connectivity index (χ0n) is 13.3. The second-order valence-corrected chi connectivity index (χ2v) is 4.84. The van der Waals surface area contributed by atoms with Gasteiger partial charge in [0.25, 0.3) is 5.91 Å². The lowest BCUT2D eigenvalue weighted by Crippen LogP contribution is -2.23. The summed E-state index contributed by atoms with van der Waals surface area (Å²) in [6.45, 7) is 2.24. The number of aryl methyl sites for hydroxylation is 1. The number of rotatable bonds is 6. The summed E-state index contributed by atoms with van der Waals surface area (Å²) in [6.07, 6.45) is 0.779. The van der Waals surface area contributed by atoms with E-state index in [4.69, 9.17) is 9.47 Å². The highest BCUT2D eigenvalue weighted by Crippen LogP contribution is 2.20. The van der Waals surface area contributed by atoms with Gasteiger partial charge in [0.1, 0.15) is 17.0 Å². The first-order valence-electron chi connectivity index (χ1n) is 7.16. The van der Waals surface area contributed by atoms with Crippen LogP contribution in [0.25, 0.3) is 0 Å². The van der Waals surface area contributed by atoms with Crippen molar-refractivity contribution in [2.45, 2.75) is 19.9 Å². The van der Waals surface area contributed by atoms with Gasteiger partial charge in [-0.25, -0.2) is 4.79 Å². The summed E-state index contributed by atoms with van der Waals surface area (Å²) in [6, 6.07) is 6.78. The summed E-state index contributed by atoms with van der Waals surface area (Å²) in [7, 11) is 2.78. The van der Waals surface area contributed by atoms with Crippen molar-refractivity contribution in [2.75, 3.05) is 14.2 Å². The number of benzene rings is 1. The van der Waals surface area contributed by atoms with Crippen molar-refractivity contribution in [3.05, 3.63) is 46.8 Å². The minimum atomic E-state index is -0.491. The van der Waals surface area contributed by atoms with Crippen LogP contribution in [0.2, 0.25) is 0 Å². The number of ether oxygens (including phenoxy) is 2. The quantitative estimate of drug-likeness (QED) is 0.791. The van der Waals surface area contributed by atoms with Crippen molar-refractivity contribution < 1.29 is 19.1 Å². The van der Waals surface area contributed by atoms with Crippen LogP contribution in [0.4, 0.5) is 0 Å². The van der Waals surface area contributed by atoms with Crippen LogP contribution in [0.15, 0.2) is 24.3 Å². The van der Waals surface area contributed by atoms with E-state index in [2.05, 4.69) is 15.5 Å². The molecule has 0 aliphatic carbocycles. The zero-order chi connectivity index (χ0) is 16.8. The number of methoxy groups -OCH3 is 2. The Morgan fingerprint density at radius 3 is 2.65 bits per heavy atom. The van der Waals surface area contributed by atoms with Crippen LogP contribution < -0.4 is 10.1 Å². The number of hydrogen-bond acceptors (Lipinski definition) is 5. The highest BCUT2D eigenvalue weighted by atomic mass is 16.5. The Labute approximate surface area is 134 Å². The molecule has 1 heterocycles. The maximum Gasteiger partial charge on any atom is 0.341 e. The topological polar surface area (TPSA) is 93.3 Å². The smallest absolute Gasteiger partial charge is 0.341 e. The van der Waals surface area contributed by atoms with Crippen molar-refractivity contribution in [1.29, 1.82) is 0 Å². The Morgan fingerprint density at radius 2 is 2.04 bits per heavy atom. The molecule has 7 heteroatoms. The molecule has 0 unspecified atom stereocenters. The van der Waals surface area contributed by atoms with Gasteiger partial charge in [-0.15, -0.1) is 0 Å². The van der Waals surface area contributed by atoms with E-state index >= 15 is 0 Å². The highest BCUT2D eigenvalue weighted by Gasteiger charge is 2.14. The summed E-state index contributed by atoms with van der Waals surface area (Å²) >= 11 is 0. The molecule has 0 saturated heterocycles. The number of H-pyrrole nitrogens is 1. The SMILES string of the molecule is CCc1cc(C(=O)NCc2ccc(OC)c(C(=O)OC)c2)n[nH]1. The molecule has 0 spiro atoms. The number of nitrogens with one attached hydrogen (secondary N) is 2. The van der Waals surface area contributed by atoms with Gasteiger partial charge in [0.15, 0.2) is 0 Å². The number of carbonyl (C=O) groups excluding carboxylic acids is 2. The molecule has 1 aromatic carbocycles. The minimum absolute atomic E-state index is 0.265. The van der Waals surface area contributed by atoms with Gasteiger partial charge in [0.05, 0.1) is 14.2 Å². The van der Waals surface area contributed by atoms with Gasteiger partial charge in [0.2, 0.25) is 0 Å². The Balaban J connectivity index is 2.08. The number of aromatic amines is 1. The minimum Gasteiger partial charge on any atom is -0.496 e. The number of nitrogens with zero attached hydrogens (tertiary/aromatic N) is 1. The number of hydrogen-bond donors (Lipinski definition) is 2. The molecule has 2 N–H and O–H groups in total. The summed E-state index contributed by atoms with van der Waals surface area (Å²) in [5.74, 6) is -0.349. The first kappa shape index (κ1) is 16.5. The Morgan fingerprint density at radius 1 is 1.26 bits per heavy atom. The Bertz CT molecular complexity index is 709. The van der Waals surface area contributed by atoms with Crippen LogP contribution in [0.3, 0.4) is 0 Å². The monoisotopic (exact) mass is 317 g/mol. The Kier molecular flexibility index (Phi) is 5.35. The van der Waals surface area contributed by atoms with Crippen LogP contribution in [0.1, 0.15) is 39.0 Å². The van der Waals surface area contributed by atoms with Crippen molar-refractivity contribution >= 4 is 11.9 Å². The molecule has 7 nitrogen and oxygen atoms in total. The number of amides is 1. The zero-order valence-corrected chi connectivity index (χ0v) is 13.3. The molecule has 1 aromatic heterocycles. The molecule has 0 saturated carbocycles. The molecule has 0 radical (unpaired) electrons. The van der Waals surface area contributed by atoms with E-state index in [1.165, 1.54) is 14.2 Å². The lowest BCUT2D eigenvalue weighted by molar-refractivity contribution is 0.0597. The standard InChI is InChI=1S/C16H19N3O4/c1-4-11-8-13(19-18-11)15(20)17-9-10-5-6-14(22-2)12(7-10)16(21)23-3/h5-8H,4,9H2,1-3H3,(H,17,20)(H,18,19). The van der Waals surface area contributed by atoms with Crippen molar-refractivity contribution in [1.82, 2.24) is 15.5 Å². The second-order valence-electron chi connectivity index (χ2n) is 4.84. The molecule has 2 aromatic rings. The van der Waals surface area contributed by atoms with E-state index < -0.39 is 5.97 Å². The fourth-order valence-corrected chi connectivity index (χ4v) is 2.07. The van der Waals surface area contributed by atoms with Gasteiger partial charge in [-0.2, -0.15) is 5.10 Å². The maximum absolute atomic E-state index is 12.0. The number of esters is 1. The van der Waals surface area contributed by atoms with Gasteiger partial charge < -0.3 is 14.8 Å². The van der Waals surface area contributed by atoms with Crippen LogP contribution in [-0.2, 0) is 17.7 Å². The first-order valence-corrected chi connectivity index (χ1v) is 7.16. The molecule has 0 fully saturated rings. The average Bonchev–Trinajstić information content (AvgIpc) is 3.08. The van der Waals surface area contributed by atoms with Crippen LogP contribution in [0.5, 0.6) is 5.75 Å². The number of aromatic nitrogens is 2. The molecule has 23 heavy (non-hydrogen) atoms. The fourth-order valence-electron chi connectivity index (χ4n) is 2.07. The van der Waals surface area contributed by atoms with E-state index in [0.29, 0.717) is 17.0 Å². The van der Waals surface area contributed by atoms with Gasteiger partial charge in [0, 0.05) is 12.2 Å². The van der Waals surface area contributed by atoms with Gasteiger partial charge in [-0.05, 0) is 30.2 Å². The molecular formula is C16H19N3O4. The first-order chi connectivity index (χ1) is 11.1. The third-order valence-corrected chi connectivity index (χ3v) is 3.37. The van der Waals surface area contributed by atoms with Crippen molar-refractivity contribution in [3.8, 4) is 5.75 Å². The fraction of sp³-hybridized carbons (Fsp3) is 0.312. The van der Waals surface area contributed by atoms with E-state index in [1.807, 2.05) is 6.92 Å². The lowest BCUT2D eigenvalue weighted by Gasteiger charge is -2.09. The van der Waals surface area contributed by atoms with E-state index in [9.17, 15) is 9.59 Å². The summed E-state index contributed by atoms with van der Waals surface area (Å²) in [5, 5.41) is 9.51. The highest BCUT2D eigenvalue weighted by molar-refractivity contribution is 5.93. The molecule has 0 bridgehead atoms. The largest absolute Gasteiger partial charge is 0.496 e. The second kappa shape index (κ2) is 7.44. The third-order valence-electron chi connectivity index (χ3n) is 3.37. The average molecular weight is 317 g/mol. The van der Waals surface area contributed by atoms with E-state index in [0.717, 1.165) is 17.7 Å². The molecule has 2 rings (SSSR count). The molecule has 0 atom stereocenters. The molecule has 0 aliphatic heterocycles. The van der Waals surface area contributed by atoms with E-state index in [-0.39, 0.29) is 12.5 Å². The van der Waals surface area contributed by atoms with Gasteiger partial charge in [-0.3, -0.25) is 9.89 Å². The van der Waals surface area contributed by atoms with Crippen molar-refractivity contribution in [2.24, 2.45) is 0 Å². The number of carbonyl (C=O) groups is 2. The molecule has 1 amide bonds. The predicted molar refractivity (Wildman–Crippen MR) is 83.5 cm³/mol. The van der Waals surface area contributed by atoms with E-state index in [1.54, 1.807) is 24.3 Å². The van der Waals surface area contributed by atoms with Gasteiger partial charge >= 0.3 is 5.97 Å². The summed E-state index contributed by atoms with van der Waals surface area (Å²) in [5.41, 5.74) is 2.30. The van der Waals surface area contributed by atoms with Crippen molar-refractivity contribution in [3.63, 3.8) is 0 Å². The third kappa shape index (κ3) is 3.88.